The number of alkyl halides is 3. The van der Waals surface area contributed by atoms with E-state index in [9.17, 15) is 13.2 Å². The Morgan fingerprint density at radius 2 is 1.93 bits per heavy atom. The summed E-state index contributed by atoms with van der Waals surface area (Å²) in [6.45, 7) is 1.64. The lowest BCUT2D eigenvalue weighted by molar-refractivity contribution is -0.153. The molecule has 0 amide bonds. The second-order valence-corrected chi connectivity index (χ2v) is 8.49. The third-order valence-electron chi connectivity index (χ3n) is 6.64. The Kier molecular flexibility index (Phi) is 5.49. The van der Waals surface area contributed by atoms with E-state index in [1.54, 1.807) is 6.07 Å². The maximum absolute atomic E-state index is 12.6. The number of halogens is 3. The standard InChI is InChI=1S/C21H29F3N2O2/c1-25-12-18-17-10-19(27-2)20(28-13-21(22,23)24)9-15(17)6-7-26(18)11-16(25)8-14-4-3-5-14/h9-10,14,16,18H,3-8,11-13H2,1-2H3/t16-,18?/m1/s1. The van der Waals surface area contributed by atoms with Crippen LogP contribution in [0.15, 0.2) is 12.1 Å². The summed E-state index contributed by atoms with van der Waals surface area (Å²) in [6.07, 6.45) is 1.86. The Hall–Kier alpha value is -1.47. The minimum absolute atomic E-state index is 0.180. The highest BCUT2D eigenvalue weighted by molar-refractivity contribution is 5.49. The van der Waals surface area contributed by atoms with E-state index in [-0.39, 0.29) is 11.8 Å². The van der Waals surface area contributed by atoms with Gasteiger partial charge in [-0.15, -0.1) is 0 Å². The zero-order valence-corrected chi connectivity index (χ0v) is 16.6. The molecule has 0 N–H and O–H groups in total. The lowest BCUT2D eigenvalue weighted by atomic mass is 9.79. The number of fused-ring (bicyclic) bond motifs is 3. The average molecular weight is 398 g/mol. The van der Waals surface area contributed by atoms with E-state index in [0.29, 0.717) is 11.8 Å². The number of hydrogen-bond acceptors (Lipinski definition) is 4. The molecule has 2 aliphatic heterocycles. The van der Waals surface area contributed by atoms with E-state index in [1.165, 1.54) is 32.8 Å². The lowest BCUT2D eigenvalue weighted by Gasteiger charge is -2.49. The molecule has 1 aliphatic carbocycles. The quantitative estimate of drug-likeness (QED) is 0.748. The van der Waals surface area contributed by atoms with Crippen LogP contribution in [-0.4, -0.2) is 62.4 Å². The molecule has 1 saturated carbocycles. The second kappa shape index (κ2) is 7.75. The molecule has 0 radical (unpaired) electrons. The Morgan fingerprint density at radius 1 is 1.14 bits per heavy atom. The van der Waals surface area contributed by atoms with Crippen molar-refractivity contribution in [1.82, 2.24) is 9.80 Å². The van der Waals surface area contributed by atoms with Crippen molar-refractivity contribution in [3.8, 4) is 11.5 Å². The summed E-state index contributed by atoms with van der Waals surface area (Å²) in [5, 5.41) is 0. The van der Waals surface area contributed by atoms with Gasteiger partial charge >= 0.3 is 6.18 Å². The van der Waals surface area contributed by atoms with Crippen LogP contribution in [0.4, 0.5) is 13.2 Å². The van der Waals surface area contributed by atoms with Gasteiger partial charge in [-0.25, -0.2) is 0 Å². The van der Waals surface area contributed by atoms with Crippen molar-refractivity contribution in [2.24, 2.45) is 5.92 Å². The van der Waals surface area contributed by atoms with E-state index < -0.39 is 12.8 Å². The number of likely N-dealkylation sites (N-methyl/N-ethyl adjacent to an activating group) is 1. The van der Waals surface area contributed by atoms with E-state index in [2.05, 4.69) is 16.8 Å². The van der Waals surface area contributed by atoms with Crippen LogP contribution < -0.4 is 9.47 Å². The number of nitrogens with zero attached hydrogens (tertiary/aromatic N) is 2. The number of rotatable bonds is 5. The first-order valence-corrected chi connectivity index (χ1v) is 10.2. The van der Waals surface area contributed by atoms with Crippen LogP contribution in [0.25, 0.3) is 0 Å². The molecule has 0 aromatic heterocycles. The summed E-state index contributed by atoms with van der Waals surface area (Å²) < 4.78 is 48.1. The first-order chi connectivity index (χ1) is 13.3. The molecule has 1 aromatic rings. The molecule has 4 nitrogen and oxygen atoms in total. The third kappa shape index (κ3) is 4.10. The van der Waals surface area contributed by atoms with E-state index in [4.69, 9.17) is 9.47 Å². The zero-order valence-electron chi connectivity index (χ0n) is 16.6. The predicted molar refractivity (Wildman–Crippen MR) is 101 cm³/mol. The normalized spacial score (nSPS) is 26.3. The summed E-state index contributed by atoms with van der Waals surface area (Å²) >= 11 is 0. The molecular formula is C21H29F3N2O2. The Balaban J connectivity index is 1.52. The van der Waals surface area contributed by atoms with Crippen molar-refractivity contribution in [2.45, 2.75) is 50.4 Å². The largest absolute Gasteiger partial charge is 0.493 e. The molecule has 0 bridgehead atoms. The Labute approximate surface area is 164 Å². The van der Waals surface area contributed by atoms with E-state index in [0.717, 1.165) is 43.1 Å². The van der Waals surface area contributed by atoms with Crippen LogP contribution in [0.2, 0.25) is 0 Å². The molecule has 1 saturated heterocycles. The average Bonchev–Trinajstić information content (AvgIpc) is 2.61. The first-order valence-electron chi connectivity index (χ1n) is 10.2. The van der Waals surface area contributed by atoms with Crippen LogP contribution in [0.5, 0.6) is 11.5 Å². The summed E-state index contributed by atoms with van der Waals surface area (Å²) in [7, 11) is 3.68. The number of hydrogen-bond donors (Lipinski definition) is 0. The van der Waals surface area contributed by atoms with Gasteiger partial charge < -0.3 is 14.4 Å². The fourth-order valence-electron chi connectivity index (χ4n) is 4.82. The van der Waals surface area contributed by atoms with Crippen LogP contribution in [0.1, 0.15) is 42.9 Å². The molecule has 1 aromatic carbocycles. The smallest absolute Gasteiger partial charge is 0.422 e. The molecule has 2 heterocycles. The summed E-state index contributed by atoms with van der Waals surface area (Å²) in [6, 6.07) is 4.49. The van der Waals surface area contributed by atoms with E-state index >= 15 is 0 Å². The van der Waals surface area contributed by atoms with Gasteiger partial charge in [0.05, 0.1) is 7.11 Å². The van der Waals surface area contributed by atoms with Gasteiger partial charge in [-0.05, 0) is 49.1 Å². The molecule has 0 spiro atoms. The molecule has 4 rings (SSSR count). The van der Waals surface area contributed by atoms with Crippen LogP contribution in [0.3, 0.4) is 0 Å². The van der Waals surface area contributed by atoms with Crippen molar-refractivity contribution in [3.05, 3.63) is 23.3 Å². The lowest BCUT2D eigenvalue weighted by Crippen LogP contribution is -2.55. The number of piperazine rings is 1. The zero-order chi connectivity index (χ0) is 19.9. The molecule has 1 unspecified atom stereocenters. The number of methoxy groups -OCH3 is 1. The highest BCUT2D eigenvalue weighted by Gasteiger charge is 2.38. The van der Waals surface area contributed by atoms with Gasteiger partial charge in [0.1, 0.15) is 0 Å². The van der Waals surface area contributed by atoms with Crippen molar-refractivity contribution in [1.29, 1.82) is 0 Å². The molecule has 156 valence electrons. The van der Waals surface area contributed by atoms with Gasteiger partial charge in [0.2, 0.25) is 0 Å². The van der Waals surface area contributed by atoms with Crippen molar-refractivity contribution in [2.75, 3.05) is 40.4 Å². The van der Waals surface area contributed by atoms with Crippen LogP contribution in [-0.2, 0) is 6.42 Å². The molecule has 2 fully saturated rings. The monoisotopic (exact) mass is 398 g/mol. The molecule has 28 heavy (non-hydrogen) atoms. The fraction of sp³-hybridized carbons (Fsp3) is 0.714. The maximum atomic E-state index is 12.6. The fourth-order valence-corrected chi connectivity index (χ4v) is 4.82. The highest BCUT2D eigenvalue weighted by Crippen LogP contribution is 2.41. The van der Waals surface area contributed by atoms with Gasteiger partial charge in [-0.3, -0.25) is 4.90 Å². The van der Waals surface area contributed by atoms with Crippen molar-refractivity contribution >= 4 is 0 Å². The van der Waals surface area contributed by atoms with Gasteiger partial charge in [0.15, 0.2) is 18.1 Å². The first kappa shape index (κ1) is 19.8. The van der Waals surface area contributed by atoms with Crippen LogP contribution >= 0.6 is 0 Å². The van der Waals surface area contributed by atoms with Gasteiger partial charge in [0.25, 0.3) is 0 Å². The third-order valence-corrected chi connectivity index (χ3v) is 6.64. The minimum atomic E-state index is -4.36. The van der Waals surface area contributed by atoms with Crippen molar-refractivity contribution < 1.29 is 22.6 Å². The van der Waals surface area contributed by atoms with Crippen molar-refractivity contribution in [3.63, 3.8) is 0 Å². The molecule has 7 heteroatoms. The number of benzene rings is 1. The van der Waals surface area contributed by atoms with Crippen LogP contribution in [0, 0.1) is 5.92 Å². The highest BCUT2D eigenvalue weighted by atomic mass is 19.4. The second-order valence-electron chi connectivity index (χ2n) is 8.49. The van der Waals surface area contributed by atoms with E-state index in [1.807, 2.05) is 6.07 Å². The Bertz CT molecular complexity index is 706. The van der Waals surface area contributed by atoms with Gasteiger partial charge in [-0.1, -0.05) is 19.3 Å². The van der Waals surface area contributed by atoms with Gasteiger partial charge in [0, 0.05) is 31.7 Å². The van der Waals surface area contributed by atoms with Gasteiger partial charge in [-0.2, -0.15) is 13.2 Å². The topological polar surface area (TPSA) is 24.9 Å². The summed E-state index contributed by atoms with van der Waals surface area (Å²) in [4.78, 5) is 5.01. The summed E-state index contributed by atoms with van der Waals surface area (Å²) in [5.74, 6) is 1.44. The SMILES string of the molecule is COc1cc2c(cc1OCC(F)(F)F)CCN1C[C@@H](CC3CCC3)N(C)CC21. The number of ether oxygens (including phenoxy) is 2. The molecule has 3 aliphatic rings. The minimum Gasteiger partial charge on any atom is -0.493 e. The molecular weight excluding hydrogens is 369 g/mol. The maximum Gasteiger partial charge on any atom is 0.422 e. The Morgan fingerprint density at radius 3 is 2.57 bits per heavy atom. The summed E-state index contributed by atoms with van der Waals surface area (Å²) in [5.41, 5.74) is 2.24. The predicted octanol–water partition coefficient (Wildman–Crippen LogP) is 4.04. The molecule has 2 atom stereocenters.